The molecule has 2 rings (SSSR count). The molecule has 0 atom stereocenters. The van der Waals surface area contributed by atoms with Gasteiger partial charge in [-0.25, -0.2) is 4.79 Å². The summed E-state index contributed by atoms with van der Waals surface area (Å²) < 4.78 is 1.74. The Labute approximate surface area is 110 Å². The molecule has 0 spiro atoms. The first-order chi connectivity index (χ1) is 9.11. The van der Waals surface area contributed by atoms with Crippen molar-refractivity contribution in [3.8, 4) is 6.07 Å². The van der Waals surface area contributed by atoms with Gasteiger partial charge in [-0.3, -0.25) is 0 Å². The number of rotatable bonds is 4. The fourth-order valence-corrected chi connectivity index (χ4v) is 1.86. The quantitative estimate of drug-likeness (QED) is 0.878. The van der Waals surface area contributed by atoms with Crippen LogP contribution in [0.25, 0.3) is 0 Å². The zero-order chi connectivity index (χ0) is 13.8. The van der Waals surface area contributed by atoms with Crippen molar-refractivity contribution in [2.45, 2.75) is 6.54 Å². The van der Waals surface area contributed by atoms with Crippen molar-refractivity contribution in [3.63, 3.8) is 0 Å². The maximum Gasteiger partial charge on any atom is 0.337 e. The Kier molecular flexibility index (Phi) is 3.53. The molecule has 0 amide bonds. The molecule has 1 heterocycles. The minimum Gasteiger partial charge on any atom is -0.478 e. The van der Waals surface area contributed by atoms with Gasteiger partial charge >= 0.3 is 5.97 Å². The van der Waals surface area contributed by atoms with Crippen LogP contribution >= 0.6 is 0 Å². The van der Waals surface area contributed by atoms with Crippen LogP contribution < -0.4 is 5.32 Å². The predicted octanol–water partition coefficient (Wildman–Crippen LogP) is 2.21. The third-order valence-corrected chi connectivity index (χ3v) is 2.82. The van der Waals surface area contributed by atoms with Gasteiger partial charge in [0, 0.05) is 25.5 Å². The molecule has 0 radical (unpaired) electrons. The number of aryl methyl sites for hydroxylation is 1. The lowest BCUT2D eigenvalue weighted by Crippen LogP contribution is -2.05. The van der Waals surface area contributed by atoms with Gasteiger partial charge in [0.25, 0.3) is 0 Å². The average molecular weight is 255 g/mol. The van der Waals surface area contributed by atoms with Crippen LogP contribution in [-0.2, 0) is 13.6 Å². The molecule has 19 heavy (non-hydrogen) atoms. The fourth-order valence-electron chi connectivity index (χ4n) is 1.86. The summed E-state index contributed by atoms with van der Waals surface area (Å²) in [6.07, 6.45) is 1.84. The van der Waals surface area contributed by atoms with E-state index in [1.165, 1.54) is 0 Å². The monoisotopic (exact) mass is 255 g/mol. The van der Waals surface area contributed by atoms with E-state index in [0.717, 1.165) is 5.56 Å². The number of benzene rings is 1. The number of carboxylic acids is 1. The van der Waals surface area contributed by atoms with Crippen LogP contribution in [0.2, 0.25) is 0 Å². The molecule has 2 N–H and O–H groups in total. The van der Waals surface area contributed by atoms with E-state index in [1.807, 2.05) is 6.20 Å². The lowest BCUT2D eigenvalue weighted by Gasteiger charge is -2.08. The minimum atomic E-state index is -0.964. The molecule has 0 fully saturated rings. The van der Waals surface area contributed by atoms with Crippen LogP contribution in [0, 0.1) is 11.3 Å². The highest BCUT2D eigenvalue weighted by molar-refractivity contribution is 5.94. The lowest BCUT2D eigenvalue weighted by molar-refractivity contribution is 0.0698. The highest BCUT2D eigenvalue weighted by Crippen LogP contribution is 2.16. The number of para-hydroxylation sites is 1. The van der Waals surface area contributed by atoms with Crippen LogP contribution in [0.15, 0.2) is 36.5 Å². The van der Waals surface area contributed by atoms with Gasteiger partial charge in [-0.05, 0) is 23.8 Å². The Morgan fingerprint density at radius 2 is 2.21 bits per heavy atom. The van der Waals surface area contributed by atoms with E-state index in [2.05, 4.69) is 11.4 Å². The summed E-state index contributed by atoms with van der Waals surface area (Å²) in [7, 11) is 1.80. The number of nitriles is 1. The number of hydrogen-bond acceptors (Lipinski definition) is 3. The molecule has 1 aromatic heterocycles. The molecule has 5 heteroatoms. The Balaban J connectivity index is 2.15. The third-order valence-electron chi connectivity index (χ3n) is 2.82. The Bertz CT molecular complexity index is 653. The smallest absolute Gasteiger partial charge is 0.337 e. The van der Waals surface area contributed by atoms with Crippen molar-refractivity contribution in [3.05, 3.63) is 53.3 Å². The minimum absolute atomic E-state index is 0.235. The molecular formula is C14H13N3O2. The van der Waals surface area contributed by atoms with Gasteiger partial charge in [0.05, 0.1) is 5.56 Å². The molecule has 0 aliphatic carbocycles. The van der Waals surface area contributed by atoms with Crippen LogP contribution in [-0.4, -0.2) is 15.6 Å². The van der Waals surface area contributed by atoms with Crippen molar-refractivity contribution in [1.82, 2.24) is 4.57 Å². The van der Waals surface area contributed by atoms with Gasteiger partial charge < -0.3 is 15.0 Å². The number of nitrogens with one attached hydrogen (secondary N) is 1. The summed E-state index contributed by atoms with van der Waals surface area (Å²) in [5, 5.41) is 21.0. The van der Waals surface area contributed by atoms with Crippen LogP contribution in [0.4, 0.5) is 5.69 Å². The summed E-state index contributed by atoms with van der Waals surface area (Å²) in [5.74, 6) is -0.964. The Morgan fingerprint density at radius 3 is 2.84 bits per heavy atom. The van der Waals surface area contributed by atoms with E-state index in [4.69, 9.17) is 10.4 Å². The molecule has 1 aromatic carbocycles. The van der Waals surface area contributed by atoms with Crippen molar-refractivity contribution in [2.24, 2.45) is 7.05 Å². The van der Waals surface area contributed by atoms with Gasteiger partial charge in [-0.15, -0.1) is 0 Å². The molecular weight excluding hydrogens is 242 g/mol. The van der Waals surface area contributed by atoms with Crippen molar-refractivity contribution >= 4 is 11.7 Å². The van der Waals surface area contributed by atoms with Gasteiger partial charge in [-0.2, -0.15) is 5.26 Å². The first kappa shape index (κ1) is 12.7. The number of hydrogen-bond donors (Lipinski definition) is 2. The summed E-state index contributed by atoms with van der Waals surface area (Å²) >= 11 is 0. The van der Waals surface area contributed by atoms with E-state index in [0.29, 0.717) is 17.9 Å². The average Bonchev–Trinajstić information content (AvgIpc) is 2.77. The van der Waals surface area contributed by atoms with Crippen LogP contribution in [0.3, 0.4) is 0 Å². The molecule has 0 saturated carbocycles. The largest absolute Gasteiger partial charge is 0.478 e. The van der Waals surface area contributed by atoms with E-state index in [1.54, 1.807) is 41.9 Å². The zero-order valence-corrected chi connectivity index (χ0v) is 10.4. The lowest BCUT2D eigenvalue weighted by atomic mass is 10.1. The Hall–Kier alpha value is -2.74. The molecule has 0 aliphatic heterocycles. The predicted molar refractivity (Wildman–Crippen MR) is 70.9 cm³/mol. The van der Waals surface area contributed by atoms with Crippen molar-refractivity contribution in [2.75, 3.05) is 5.32 Å². The van der Waals surface area contributed by atoms with E-state index >= 15 is 0 Å². The normalized spacial score (nSPS) is 9.89. The standard InChI is InChI=1S/C14H13N3O2/c1-17-9-10(6-11(17)7-15)8-16-13-5-3-2-4-12(13)14(18)19/h2-6,9,16H,8H2,1H3,(H,18,19). The fraction of sp³-hybridized carbons (Fsp3) is 0.143. The number of aromatic nitrogens is 1. The maximum absolute atomic E-state index is 11.1. The van der Waals surface area contributed by atoms with Crippen molar-refractivity contribution < 1.29 is 9.90 Å². The van der Waals surface area contributed by atoms with Crippen LogP contribution in [0.5, 0.6) is 0 Å². The van der Waals surface area contributed by atoms with E-state index < -0.39 is 5.97 Å². The molecule has 2 aromatic rings. The Morgan fingerprint density at radius 1 is 1.47 bits per heavy atom. The van der Waals surface area contributed by atoms with Gasteiger partial charge in [0.1, 0.15) is 11.8 Å². The molecule has 5 nitrogen and oxygen atoms in total. The van der Waals surface area contributed by atoms with Gasteiger partial charge in [0.15, 0.2) is 0 Å². The maximum atomic E-state index is 11.1. The number of carboxylic acid groups (broad SMARTS) is 1. The highest BCUT2D eigenvalue weighted by Gasteiger charge is 2.09. The first-order valence-corrected chi connectivity index (χ1v) is 5.73. The number of anilines is 1. The second-order valence-corrected chi connectivity index (χ2v) is 4.16. The van der Waals surface area contributed by atoms with Gasteiger partial charge in [0.2, 0.25) is 0 Å². The number of nitrogens with zero attached hydrogens (tertiary/aromatic N) is 2. The number of carbonyl (C=O) groups is 1. The molecule has 96 valence electrons. The van der Waals surface area contributed by atoms with Crippen molar-refractivity contribution in [1.29, 1.82) is 5.26 Å². The second-order valence-electron chi connectivity index (χ2n) is 4.16. The molecule has 0 saturated heterocycles. The first-order valence-electron chi connectivity index (χ1n) is 5.73. The van der Waals surface area contributed by atoms with E-state index in [9.17, 15) is 4.79 Å². The highest BCUT2D eigenvalue weighted by atomic mass is 16.4. The second kappa shape index (κ2) is 5.27. The number of aromatic carboxylic acids is 1. The third kappa shape index (κ3) is 2.75. The van der Waals surface area contributed by atoms with Crippen LogP contribution in [0.1, 0.15) is 21.6 Å². The zero-order valence-electron chi connectivity index (χ0n) is 10.4. The van der Waals surface area contributed by atoms with E-state index in [-0.39, 0.29) is 5.56 Å². The summed E-state index contributed by atoms with van der Waals surface area (Å²) in [5.41, 5.74) is 2.30. The summed E-state index contributed by atoms with van der Waals surface area (Å²) in [6, 6.07) is 10.6. The summed E-state index contributed by atoms with van der Waals surface area (Å²) in [4.78, 5) is 11.1. The molecule has 0 bridgehead atoms. The SMILES string of the molecule is Cn1cc(CNc2ccccc2C(=O)O)cc1C#N. The summed E-state index contributed by atoms with van der Waals surface area (Å²) in [6.45, 7) is 0.472. The molecule has 0 aliphatic rings. The molecule has 0 unspecified atom stereocenters. The topological polar surface area (TPSA) is 78.1 Å². The van der Waals surface area contributed by atoms with Gasteiger partial charge in [-0.1, -0.05) is 12.1 Å².